The van der Waals surface area contributed by atoms with Gasteiger partial charge in [-0.05, 0) is 49.8 Å². The summed E-state index contributed by atoms with van der Waals surface area (Å²) in [6.45, 7) is 7.13. The molecule has 0 radical (unpaired) electrons. The van der Waals surface area contributed by atoms with Crippen LogP contribution in [0.5, 0.6) is 0 Å². The molecule has 0 saturated heterocycles. The molecule has 1 unspecified atom stereocenters. The van der Waals surface area contributed by atoms with Crippen molar-refractivity contribution >= 4 is 34.4 Å². The Hall–Kier alpha value is -3.43. The summed E-state index contributed by atoms with van der Waals surface area (Å²) >= 11 is 6.07. The van der Waals surface area contributed by atoms with Gasteiger partial charge in [-0.3, -0.25) is 10.00 Å². The first-order chi connectivity index (χ1) is 17.0. The van der Waals surface area contributed by atoms with E-state index in [1.165, 1.54) is 11.0 Å². The molecule has 2 N–H and O–H groups in total. The van der Waals surface area contributed by atoms with Crippen LogP contribution in [-0.4, -0.2) is 56.5 Å². The van der Waals surface area contributed by atoms with Crippen LogP contribution < -0.4 is 4.90 Å². The van der Waals surface area contributed by atoms with Crippen LogP contribution in [0.4, 0.5) is 14.9 Å². The molecule has 0 aliphatic carbocycles. The smallest absolute Gasteiger partial charge is 0.412 e. The minimum atomic E-state index is -1.12. The van der Waals surface area contributed by atoms with Crippen LogP contribution in [0.1, 0.15) is 32.6 Å². The highest BCUT2D eigenvalue weighted by Crippen LogP contribution is 2.42. The Morgan fingerprint density at radius 2 is 1.92 bits per heavy atom. The van der Waals surface area contributed by atoms with E-state index in [2.05, 4.69) is 10.2 Å². The number of aromatic nitrogens is 4. The van der Waals surface area contributed by atoms with Gasteiger partial charge in [0.05, 0.1) is 17.2 Å². The SMILES string of the molecule is CN(C)CCn1c(C(N(C(=O)O)c2ccc(Cl)cc2)C(C)(C)C)nc2cc(F)c(-c3cn[nH]c3)cc21. The van der Waals surface area contributed by atoms with Crippen molar-refractivity contribution < 1.29 is 14.3 Å². The van der Waals surface area contributed by atoms with Gasteiger partial charge < -0.3 is 14.6 Å². The zero-order valence-corrected chi connectivity index (χ0v) is 21.7. The number of H-pyrrole nitrogens is 1. The Morgan fingerprint density at radius 1 is 1.22 bits per heavy atom. The van der Waals surface area contributed by atoms with E-state index in [4.69, 9.17) is 16.6 Å². The summed E-state index contributed by atoms with van der Waals surface area (Å²) in [4.78, 5) is 20.9. The number of fused-ring (bicyclic) bond motifs is 1. The van der Waals surface area contributed by atoms with Gasteiger partial charge in [0.15, 0.2) is 0 Å². The van der Waals surface area contributed by atoms with E-state index in [1.807, 2.05) is 44.3 Å². The molecule has 36 heavy (non-hydrogen) atoms. The van der Waals surface area contributed by atoms with Crippen molar-refractivity contribution in [2.24, 2.45) is 5.41 Å². The number of carboxylic acid groups (broad SMARTS) is 1. The van der Waals surface area contributed by atoms with E-state index < -0.39 is 23.4 Å². The van der Waals surface area contributed by atoms with Crippen LogP contribution in [-0.2, 0) is 6.54 Å². The Morgan fingerprint density at radius 3 is 2.47 bits per heavy atom. The number of hydrogen-bond donors (Lipinski definition) is 2. The van der Waals surface area contributed by atoms with E-state index >= 15 is 4.39 Å². The minimum Gasteiger partial charge on any atom is -0.465 e. The average molecular weight is 513 g/mol. The number of anilines is 1. The van der Waals surface area contributed by atoms with Gasteiger partial charge in [0.2, 0.25) is 0 Å². The van der Waals surface area contributed by atoms with Crippen molar-refractivity contribution in [1.29, 1.82) is 0 Å². The van der Waals surface area contributed by atoms with Crippen molar-refractivity contribution in [3.05, 3.63) is 65.5 Å². The third-order valence-corrected chi connectivity index (χ3v) is 6.33. The van der Waals surface area contributed by atoms with Gasteiger partial charge in [-0.25, -0.2) is 14.2 Å². The number of nitrogens with zero attached hydrogens (tertiary/aromatic N) is 5. The van der Waals surface area contributed by atoms with Crippen LogP contribution >= 0.6 is 11.6 Å². The molecule has 0 saturated carbocycles. The predicted octanol–water partition coefficient (Wildman–Crippen LogP) is 6.05. The van der Waals surface area contributed by atoms with Crippen LogP contribution in [0.15, 0.2) is 48.8 Å². The van der Waals surface area contributed by atoms with Gasteiger partial charge in [-0.2, -0.15) is 5.10 Å². The lowest BCUT2D eigenvalue weighted by molar-refractivity contribution is 0.187. The normalized spacial score (nSPS) is 12.9. The molecule has 4 aromatic rings. The van der Waals surface area contributed by atoms with Gasteiger partial charge in [0.25, 0.3) is 0 Å². The highest BCUT2D eigenvalue weighted by molar-refractivity contribution is 6.30. The van der Waals surface area contributed by atoms with Gasteiger partial charge in [0.1, 0.15) is 17.7 Å². The molecule has 2 aromatic heterocycles. The Kier molecular flexibility index (Phi) is 7.06. The maximum atomic E-state index is 15.1. The fourth-order valence-electron chi connectivity index (χ4n) is 4.39. The summed E-state index contributed by atoms with van der Waals surface area (Å²) in [5.74, 6) is 0.119. The van der Waals surface area contributed by atoms with Gasteiger partial charge in [-0.1, -0.05) is 32.4 Å². The number of halogens is 2. The van der Waals surface area contributed by atoms with Crippen molar-refractivity contribution in [1.82, 2.24) is 24.6 Å². The number of carbonyl (C=O) groups is 1. The fourth-order valence-corrected chi connectivity index (χ4v) is 4.52. The minimum absolute atomic E-state index is 0.397. The highest BCUT2D eigenvalue weighted by Gasteiger charge is 2.39. The molecule has 0 aliphatic heterocycles. The molecule has 0 aliphatic rings. The number of nitrogens with one attached hydrogen (secondary N) is 1. The van der Waals surface area contributed by atoms with E-state index in [1.54, 1.807) is 42.7 Å². The molecule has 0 fully saturated rings. The predicted molar refractivity (Wildman–Crippen MR) is 140 cm³/mol. The molecule has 190 valence electrons. The van der Waals surface area contributed by atoms with E-state index in [0.717, 1.165) is 5.52 Å². The lowest BCUT2D eigenvalue weighted by Gasteiger charge is -2.38. The molecule has 0 spiro atoms. The molecule has 1 amide bonds. The molecule has 4 rings (SSSR count). The number of aromatic amines is 1. The first kappa shape index (κ1) is 25.7. The number of rotatable bonds is 7. The van der Waals surface area contributed by atoms with Crippen molar-refractivity contribution in [2.45, 2.75) is 33.4 Å². The molecule has 2 heterocycles. The van der Waals surface area contributed by atoms with Crippen LogP contribution in [0.2, 0.25) is 5.02 Å². The number of likely N-dealkylation sites (N-methyl/N-ethyl adjacent to an activating group) is 1. The summed E-state index contributed by atoms with van der Waals surface area (Å²) < 4.78 is 17.1. The van der Waals surface area contributed by atoms with Crippen molar-refractivity contribution in [2.75, 3.05) is 25.5 Å². The number of imidazole rings is 1. The van der Waals surface area contributed by atoms with Crippen molar-refractivity contribution in [3.8, 4) is 11.1 Å². The van der Waals surface area contributed by atoms with E-state index in [9.17, 15) is 9.90 Å². The van der Waals surface area contributed by atoms with E-state index in [-0.39, 0.29) is 0 Å². The zero-order valence-electron chi connectivity index (χ0n) is 21.0. The maximum absolute atomic E-state index is 15.1. The third-order valence-electron chi connectivity index (χ3n) is 6.08. The number of benzene rings is 2. The summed E-state index contributed by atoms with van der Waals surface area (Å²) in [6, 6.07) is 9.17. The second-order valence-electron chi connectivity index (χ2n) is 10.1. The van der Waals surface area contributed by atoms with Gasteiger partial charge >= 0.3 is 6.09 Å². The van der Waals surface area contributed by atoms with Crippen molar-refractivity contribution in [3.63, 3.8) is 0 Å². The summed E-state index contributed by atoms with van der Waals surface area (Å²) in [5.41, 5.74) is 2.12. The van der Waals surface area contributed by atoms with E-state index in [0.29, 0.717) is 46.3 Å². The summed E-state index contributed by atoms with van der Waals surface area (Å²) in [5, 5.41) is 17.5. The monoisotopic (exact) mass is 512 g/mol. The quantitative estimate of drug-likeness (QED) is 0.314. The first-order valence-electron chi connectivity index (χ1n) is 11.6. The maximum Gasteiger partial charge on any atom is 0.412 e. The Labute approximate surface area is 214 Å². The summed E-state index contributed by atoms with van der Waals surface area (Å²) in [7, 11) is 3.93. The zero-order chi connectivity index (χ0) is 26.2. The standard InChI is InChI=1S/C26H30ClFN6O2/c1-26(2,3)23(34(25(35)36)18-8-6-17(27)7-9-18)24-31-21-13-20(28)19(16-14-29-30-15-16)12-22(21)33(24)11-10-32(4)5/h6-9,12-15,23H,10-11H2,1-5H3,(H,29,30)(H,35,36). The largest absolute Gasteiger partial charge is 0.465 e. The molecule has 0 bridgehead atoms. The molecule has 1 atom stereocenters. The Balaban J connectivity index is 1.97. The first-order valence-corrected chi connectivity index (χ1v) is 12.0. The second kappa shape index (κ2) is 9.91. The van der Waals surface area contributed by atoms with Crippen LogP contribution in [0, 0.1) is 11.2 Å². The summed E-state index contributed by atoms with van der Waals surface area (Å²) in [6.07, 6.45) is 2.08. The lowest BCUT2D eigenvalue weighted by atomic mass is 9.84. The van der Waals surface area contributed by atoms with Crippen LogP contribution in [0.3, 0.4) is 0 Å². The molecular formula is C26H30ClFN6O2. The molecule has 10 heteroatoms. The third kappa shape index (κ3) is 5.08. The van der Waals surface area contributed by atoms with Gasteiger partial charge in [-0.15, -0.1) is 0 Å². The number of amides is 1. The molecular weight excluding hydrogens is 483 g/mol. The lowest BCUT2D eigenvalue weighted by Crippen LogP contribution is -2.42. The van der Waals surface area contributed by atoms with Gasteiger partial charge in [0, 0.05) is 47.2 Å². The molecule has 2 aromatic carbocycles. The average Bonchev–Trinajstić information content (AvgIpc) is 3.43. The molecule has 8 nitrogen and oxygen atoms in total. The number of hydrogen-bond acceptors (Lipinski definition) is 4. The topological polar surface area (TPSA) is 90.3 Å². The second-order valence-corrected chi connectivity index (χ2v) is 10.6. The Bertz CT molecular complexity index is 1360. The fraction of sp³-hybridized carbons (Fsp3) is 0.346. The van der Waals surface area contributed by atoms with Crippen LogP contribution in [0.25, 0.3) is 22.2 Å². The highest BCUT2D eigenvalue weighted by atomic mass is 35.5.